The molecule has 4 nitrogen and oxygen atoms in total. The highest BCUT2D eigenvalue weighted by Gasteiger charge is 2.26. The summed E-state index contributed by atoms with van der Waals surface area (Å²) in [5, 5.41) is 0. The molecule has 1 rings (SSSR count). The molecular formula is C10H15NO3. The molecule has 78 valence electrons. The first-order chi connectivity index (χ1) is 6.79. The quantitative estimate of drug-likeness (QED) is 0.507. The van der Waals surface area contributed by atoms with Gasteiger partial charge in [-0.05, 0) is 19.3 Å². The minimum absolute atomic E-state index is 0.195. The van der Waals surface area contributed by atoms with Crippen LogP contribution in [-0.4, -0.2) is 36.5 Å². The van der Waals surface area contributed by atoms with E-state index >= 15 is 0 Å². The summed E-state index contributed by atoms with van der Waals surface area (Å²) in [5.41, 5.74) is 0. The third-order valence-corrected chi connectivity index (χ3v) is 2.27. The summed E-state index contributed by atoms with van der Waals surface area (Å²) in [6, 6.07) is -0.305. The van der Waals surface area contributed by atoms with Gasteiger partial charge in [-0.25, -0.2) is 4.79 Å². The number of nitrogens with zero attached hydrogens (tertiary/aromatic N) is 1. The third kappa shape index (κ3) is 2.58. The van der Waals surface area contributed by atoms with E-state index in [1.54, 1.807) is 0 Å². The highest BCUT2D eigenvalue weighted by molar-refractivity contribution is 5.73. The van der Waals surface area contributed by atoms with Gasteiger partial charge in [0.05, 0.1) is 6.04 Å². The number of hydrogen-bond donors (Lipinski definition) is 0. The van der Waals surface area contributed by atoms with Gasteiger partial charge in [-0.2, -0.15) is 0 Å². The molecule has 1 fully saturated rings. The molecule has 1 atom stereocenters. The first kappa shape index (κ1) is 10.8. The van der Waals surface area contributed by atoms with Gasteiger partial charge >= 0.3 is 6.09 Å². The Morgan fingerprint density at radius 2 is 2.36 bits per heavy atom. The molecule has 4 heteroatoms. The van der Waals surface area contributed by atoms with Crippen molar-refractivity contribution in [1.82, 2.24) is 4.90 Å². The molecule has 0 radical (unpaired) electrons. The second-order valence-electron chi connectivity index (χ2n) is 3.26. The Bertz CT molecular complexity index is 227. The van der Waals surface area contributed by atoms with Gasteiger partial charge in [0, 0.05) is 6.54 Å². The predicted octanol–water partition coefficient (Wildman–Crippen LogP) is 1.36. The van der Waals surface area contributed by atoms with Crippen LogP contribution in [0.1, 0.15) is 19.3 Å². The van der Waals surface area contributed by atoms with E-state index < -0.39 is 6.09 Å². The molecule has 1 unspecified atom stereocenters. The van der Waals surface area contributed by atoms with Crippen LogP contribution in [-0.2, 0) is 9.53 Å². The van der Waals surface area contributed by atoms with Crippen molar-refractivity contribution in [3.8, 4) is 0 Å². The highest BCUT2D eigenvalue weighted by Crippen LogP contribution is 2.16. The van der Waals surface area contributed by atoms with E-state index in [1.165, 1.54) is 11.0 Å². The van der Waals surface area contributed by atoms with Crippen LogP contribution in [0.25, 0.3) is 0 Å². The Morgan fingerprint density at radius 3 is 3.00 bits per heavy atom. The summed E-state index contributed by atoms with van der Waals surface area (Å²) in [6.07, 6.45) is 4.59. The van der Waals surface area contributed by atoms with Crippen molar-refractivity contribution in [2.45, 2.75) is 25.3 Å². The SMILES string of the molecule is C=CCOC(=O)N1CCCCC1C=O. The zero-order valence-corrected chi connectivity index (χ0v) is 8.15. The van der Waals surface area contributed by atoms with Crippen LogP contribution in [0.15, 0.2) is 12.7 Å². The maximum atomic E-state index is 11.4. The number of ether oxygens (including phenoxy) is 1. The Labute approximate surface area is 83.5 Å². The Hall–Kier alpha value is -1.32. The molecule has 1 aliphatic heterocycles. The highest BCUT2D eigenvalue weighted by atomic mass is 16.6. The molecule has 1 aliphatic rings. The number of carbonyl (C=O) groups excluding carboxylic acids is 2. The fraction of sp³-hybridized carbons (Fsp3) is 0.600. The van der Waals surface area contributed by atoms with Crippen LogP contribution in [0.5, 0.6) is 0 Å². The molecule has 1 saturated heterocycles. The summed E-state index contributed by atoms with van der Waals surface area (Å²) in [5.74, 6) is 0. The average molecular weight is 197 g/mol. The van der Waals surface area contributed by atoms with Crippen LogP contribution in [0.4, 0.5) is 4.79 Å². The van der Waals surface area contributed by atoms with E-state index in [0.717, 1.165) is 25.5 Å². The molecule has 1 amide bonds. The van der Waals surface area contributed by atoms with Crippen molar-refractivity contribution in [2.75, 3.05) is 13.2 Å². The van der Waals surface area contributed by atoms with Gasteiger partial charge in [0.15, 0.2) is 0 Å². The summed E-state index contributed by atoms with van der Waals surface area (Å²) in [4.78, 5) is 23.6. The maximum Gasteiger partial charge on any atom is 0.410 e. The molecule has 0 aromatic carbocycles. The van der Waals surface area contributed by atoms with Crippen LogP contribution >= 0.6 is 0 Å². The van der Waals surface area contributed by atoms with Gasteiger partial charge in [-0.1, -0.05) is 12.7 Å². The van der Waals surface area contributed by atoms with E-state index in [2.05, 4.69) is 6.58 Å². The van der Waals surface area contributed by atoms with Gasteiger partial charge in [0.2, 0.25) is 0 Å². The minimum Gasteiger partial charge on any atom is -0.445 e. The molecule has 0 saturated carbocycles. The first-order valence-electron chi connectivity index (χ1n) is 4.79. The summed E-state index contributed by atoms with van der Waals surface area (Å²) in [7, 11) is 0. The number of aldehydes is 1. The van der Waals surface area contributed by atoms with Crippen molar-refractivity contribution in [2.24, 2.45) is 0 Å². The van der Waals surface area contributed by atoms with Crippen LogP contribution in [0.3, 0.4) is 0 Å². The summed E-state index contributed by atoms with van der Waals surface area (Å²) >= 11 is 0. The topological polar surface area (TPSA) is 46.6 Å². The second kappa shape index (κ2) is 5.42. The van der Waals surface area contributed by atoms with E-state index in [4.69, 9.17) is 4.74 Å². The molecular weight excluding hydrogens is 182 g/mol. The second-order valence-corrected chi connectivity index (χ2v) is 3.26. The smallest absolute Gasteiger partial charge is 0.410 e. The molecule has 0 spiro atoms. The molecule has 0 bridgehead atoms. The van der Waals surface area contributed by atoms with Gasteiger partial charge < -0.3 is 9.53 Å². The predicted molar refractivity (Wildman–Crippen MR) is 52.0 cm³/mol. The number of carbonyl (C=O) groups is 2. The molecule has 0 N–H and O–H groups in total. The third-order valence-electron chi connectivity index (χ3n) is 2.27. The Kier molecular flexibility index (Phi) is 4.16. The lowest BCUT2D eigenvalue weighted by molar-refractivity contribution is -0.112. The molecule has 1 heterocycles. The van der Waals surface area contributed by atoms with Crippen molar-refractivity contribution in [3.63, 3.8) is 0 Å². The number of likely N-dealkylation sites (tertiary alicyclic amines) is 1. The normalized spacial score (nSPS) is 21.4. The lowest BCUT2D eigenvalue weighted by Gasteiger charge is -2.31. The molecule has 0 aromatic heterocycles. The van der Waals surface area contributed by atoms with Gasteiger partial charge in [-0.15, -0.1) is 0 Å². The van der Waals surface area contributed by atoms with Crippen LogP contribution in [0.2, 0.25) is 0 Å². The monoisotopic (exact) mass is 197 g/mol. The minimum atomic E-state index is -0.415. The van der Waals surface area contributed by atoms with Gasteiger partial charge in [-0.3, -0.25) is 4.90 Å². The number of hydrogen-bond acceptors (Lipinski definition) is 3. The number of amides is 1. The number of rotatable bonds is 3. The van der Waals surface area contributed by atoms with Crippen LogP contribution < -0.4 is 0 Å². The van der Waals surface area contributed by atoms with E-state index in [9.17, 15) is 9.59 Å². The molecule has 14 heavy (non-hydrogen) atoms. The number of piperidine rings is 1. The maximum absolute atomic E-state index is 11.4. The zero-order chi connectivity index (χ0) is 10.4. The van der Waals surface area contributed by atoms with Crippen molar-refractivity contribution in [3.05, 3.63) is 12.7 Å². The van der Waals surface area contributed by atoms with Crippen molar-refractivity contribution < 1.29 is 14.3 Å². The fourth-order valence-corrected chi connectivity index (χ4v) is 1.54. The first-order valence-corrected chi connectivity index (χ1v) is 4.79. The van der Waals surface area contributed by atoms with Crippen molar-refractivity contribution >= 4 is 12.4 Å². The fourth-order valence-electron chi connectivity index (χ4n) is 1.54. The van der Waals surface area contributed by atoms with Gasteiger partial charge in [0.1, 0.15) is 12.9 Å². The van der Waals surface area contributed by atoms with E-state index in [0.29, 0.717) is 6.54 Å². The average Bonchev–Trinajstić information content (AvgIpc) is 2.25. The standard InChI is InChI=1S/C10H15NO3/c1-2-7-14-10(13)11-6-4-3-5-9(11)8-12/h2,8-9H,1,3-7H2. The summed E-state index contributed by atoms with van der Waals surface area (Å²) in [6.45, 7) is 4.26. The largest absolute Gasteiger partial charge is 0.445 e. The Balaban J connectivity index is 2.49. The van der Waals surface area contributed by atoms with Gasteiger partial charge in [0.25, 0.3) is 0 Å². The Morgan fingerprint density at radius 1 is 1.57 bits per heavy atom. The van der Waals surface area contributed by atoms with E-state index in [1.807, 2.05) is 0 Å². The lowest BCUT2D eigenvalue weighted by Crippen LogP contribution is -2.44. The van der Waals surface area contributed by atoms with E-state index in [-0.39, 0.29) is 12.6 Å². The summed E-state index contributed by atoms with van der Waals surface area (Å²) < 4.78 is 4.87. The van der Waals surface area contributed by atoms with Crippen LogP contribution in [0, 0.1) is 0 Å². The lowest BCUT2D eigenvalue weighted by atomic mass is 10.0. The molecule has 0 aromatic rings. The van der Waals surface area contributed by atoms with Crippen molar-refractivity contribution in [1.29, 1.82) is 0 Å². The zero-order valence-electron chi connectivity index (χ0n) is 8.15. The molecule has 0 aliphatic carbocycles.